The lowest BCUT2D eigenvalue weighted by molar-refractivity contribution is -0.129. The molecule has 2 aromatic rings. The second-order valence-corrected chi connectivity index (χ2v) is 7.34. The monoisotopic (exact) mass is 418 g/mol. The van der Waals surface area contributed by atoms with Crippen molar-refractivity contribution in [1.29, 1.82) is 0 Å². The minimum atomic E-state index is -0.881. The second-order valence-electron chi connectivity index (χ2n) is 6.48. The molecule has 4 amide bonds. The van der Waals surface area contributed by atoms with Crippen LogP contribution in [0.1, 0.15) is 17.7 Å². The summed E-state index contributed by atoms with van der Waals surface area (Å²) in [4.78, 5) is 42.2. The van der Waals surface area contributed by atoms with Crippen molar-refractivity contribution in [3.63, 3.8) is 0 Å². The molecule has 2 N–H and O–H groups in total. The highest BCUT2D eigenvalue weighted by Crippen LogP contribution is 2.28. The van der Waals surface area contributed by atoms with Gasteiger partial charge in [0.15, 0.2) is 16.6 Å². The Balaban J connectivity index is 1.56. The van der Waals surface area contributed by atoms with Gasteiger partial charge in [-0.1, -0.05) is 6.07 Å². The van der Waals surface area contributed by atoms with Crippen LogP contribution >= 0.6 is 11.3 Å². The highest BCUT2D eigenvalue weighted by molar-refractivity contribution is 7.13. The molecular formula is C19H22N4O5S. The summed E-state index contributed by atoms with van der Waals surface area (Å²) in [6.07, 6.45) is 0.312. The Morgan fingerprint density at radius 1 is 1.28 bits per heavy atom. The number of amides is 4. The number of ether oxygens (including phenoxy) is 2. The van der Waals surface area contributed by atoms with Crippen molar-refractivity contribution in [2.24, 2.45) is 0 Å². The highest BCUT2D eigenvalue weighted by Gasteiger charge is 2.38. The third kappa shape index (κ3) is 4.83. The van der Waals surface area contributed by atoms with Gasteiger partial charge >= 0.3 is 6.03 Å². The number of thiazole rings is 1. The molecule has 9 nitrogen and oxygen atoms in total. The summed E-state index contributed by atoms with van der Waals surface area (Å²) in [6, 6.07) is 4.04. The molecule has 0 aliphatic carbocycles. The Labute approximate surface area is 172 Å². The molecule has 1 aromatic carbocycles. The van der Waals surface area contributed by atoms with E-state index in [0.29, 0.717) is 23.1 Å². The number of rotatable bonds is 8. The number of hydrogen-bond acceptors (Lipinski definition) is 7. The Morgan fingerprint density at radius 3 is 2.69 bits per heavy atom. The number of benzene rings is 1. The van der Waals surface area contributed by atoms with Gasteiger partial charge in [0.1, 0.15) is 6.04 Å². The van der Waals surface area contributed by atoms with E-state index >= 15 is 0 Å². The first-order valence-corrected chi connectivity index (χ1v) is 9.84. The summed E-state index contributed by atoms with van der Waals surface area (Å²) in [5.74, 6) is 0.391. The fourth-order valence-corrected chi connectivity index (χ4v) is 3.68. The van der Waals surface area contributed by atoms with Gasteiger partial charge in [0, 0.05) is 11.9 Å². The number of aromatic nitrogens is 1. The number of nitrogens with zero attached hydrogens (tertiary/aromatic N) is 2. The first-order valence-electron chi connectivity index (χ1n) is 8.96. The van der Waals surface area contributed by atoms with Gasteiger partial charge in [-0.15, -0.1) is 11.3 Å². The predicted octanol–water partition coefficient (Wildman–Crippen LogP) is 1.96. The van der Waals surface area contributed by atoms with E-state index in [9.17, 15) is 14.4 Å². The van der Waals surface area contributed by atoms with Gasteiger partial charge in [-0.25, -0.2) is 9.78 Å². The Morgan fingerprint density at radius 2 is 2.03 bits per heavy atom. The van der Waals surface area contributed by atoms with Crippen LogP contribution < -0.4 is 20.1 Å². The normalized spacial score (nSPS) is 16.0. The standard InChI is InChI=1S/C19H22N4O5S/c1-11-10-29-18(20-11)22-16(24)9-13-17(25)23(19(26)21-13)7-6-12-4-5-14(27-2)15(8-12)28-3/h4-5,8,10,13H,6-7,9H2,1-3H3,(H,21,26)(H,20,22,24)/t13-/m1/s1. The molecule has 0 bridgehead atoms. The molecule has 10 heteroatoms. The third-order valence-corrected chi connectivity index (χ3v) is 5.31. The molecule has 0 radical (unpaired) electrons. The lowest BCUT2D eigenvalue weighted by atomic mass is 10.1. The number of nitrogens with one attached hydrogen (secondary N) is 2. The van der Waals surface area contributed by atoms with Crippen LogP contribution in [0.4, 0.5) is 9.93 Å². The fourth-order valence-electron chi connectivity index (χ4n) is 2.97. The van der Waals surface area contributed by atoms with E-state index in [4.69, 9.17) is 9.47 Å². The summed E-state index contributed by atoms with van der Waals surface area (Å²) in [7, 11) is 3.10. The largest absolute Gasteiger partial charge is 0.493 e. The summed E-state index contributed by atoms with van der Waals surface area (Å²) in [6.45, 7) is 2.02. The lowest BCUT2D eigenvalue weighted by Gasteiger charge is -2.14. The van der Waals surface area contributed by atoms with E-state index in [-0.39, 0.29) is 18.9 Å². The van der Waals surface area contributed by atoms with Gasteiger partial charge in [0.25, 0.3) is 5.91 Å². The van der Waals surface area contributed by atoms with Gasteiger partial charge in [0.2, 0.25) is 5.91 Å². The molecule has 0 spiro atoms. The summed E-state index contributed by atoms with van der Waals surface area (Å²) >= 11 is 1.30. The molecule has 1 saturated heterocycles. The second kappa shape index (κ2) is 8.91. The van der Waals surface area contributed by atoms with E-state index in [0.717, 1.165) is 16.2 Å². The number of methoxy groups -OCH3 is 2. The van der Waals surface area contributed by atoms with Crippen molar-refractivity contribution in [3.8, 4) is 11.5 Å². The van der Waals surface area contributed by atoms with Crippen LogP contribution in [0.15, 0.2) is 23.6 Å². The van der Waals surface area contributed by atoms with Gasteiger partial charge in [-0.05, 0) is 31.0 Å². The SMILES string of the molecule is COc1ccc(CCN2C(=O)N[C@H](CC(=O)Nc3nc(C)cs3)C2=O)cc1OC. The van der Waals surface area contributed by atoms with Crippen LogP contribution in [-0.4, -0.2) is 54.5 Å². The average Bonchev–Trinajstić information content (AvgIpc) is 3.22. The quantitative estimate of drug-likeness (QED) is 0.634. The first kappa shape index (κ1) is 20.6. The maximum atomic E-state index is 12.6. The van der Waals surface area contributed by atoms with Gasteiger partial charge in [-0.2, -0.15) is 0 Å². The molecular weight excluding hydrogens is 396 g/mol. The molecule has 1 atom stereocenters. The van der Waals surface area contributed by atoms with E-state index in [1.54, 1.807) is 26.4 Å². The number of aryl methyl sites for hydroxylation is 1. The number of hydrogen-bond donors (Lipinski definition) is 2. The minimum absolute atomic E-state index is 0.143. The maximum Gasteiger partial charge on any atom is 0.324 e. The van der Waals surface area contributed by atoms with Crippen molar-refractivity contribution >= 4 is 34.3 Å². The third-order valence-electron chi connectivity index (χ3n) is 4.43. The molecule has 0 saturated carbocycles. The molecule has 3 rings (SSSR count). The Kier molecular flexibility index (Phi) is 6.32. The maximum absolute atomic E-state index is 12.6. The zero-order valence-electron chi connectivity index (χ0n) is 16.4. The minimum Gasteiger partial charge on any atom is -0.493 e. The van der Waals surface area contributed by atoms with Crippen LogP contribution in [0, 0.1) is 6.92 Å². The van der Waals surface area contributed by atoms with Crippen LogP contribution in [0.3, 0.4) is 0 Å². The van der Waals surface area contributed by atoms with Crippen LogP contribution in [-0.2, 0) is 16.0 Å². The van der Waals surface area contributed by atoms with Gasteiger partial charge < -0.3 is 20.1 Å². The van der Waals surface area contributed by atoms with Crippen molar-refractivity contribution in [3.05, 3.63) is 34.8 Å². The topological polar surface area (TPSA) is 110 Å². The zero-order chi connectivity index (χ0) is 21.0. The van der Waals surface area contributed by atoms with E-state index in [1.165, 1.54) is 11.3 Å². The van der Waals surface area contributed by atoms with Crippen molar-refractivity contribution in [1.82, 2.24) is 15.2 Å². The molecule has 154 valence electrons. The number of imide groups is 1. The van der Waals surface area contributed by atoms with E-state index < -0.39 is 18.0 Å². The Hall–Kier alpha value is -3.14. The smallest absolute Gasteiger partial charge is 0.324 e. The summed E-state index contributed by atoms with van der Waals surface area (Å²) in [5, 5.41) is 7.49. The van der Waals surface area contributed by atoms with Crippen molar-refractivity contribution < 1.29 is 23.9 Å². The van der Waals surface area contributed by atoms with Crippen molar-refractivity contribution in [2.75, 3.05) is 26.1 Å². The molecule has 1 aromatic heterocycles. The molecule has 1 fully saturated rings. The van der Waals surface area contributed by atoms with E-state index in [1.807, 2.05) is 18.4 Å². The molecule has 1 aliphatic heterocycles. The summed E-state index contributed by atoms with van der Waals surface area (Å²) < 4.78 is 10.5. The number of urea groups is 1. The summed E-state index contributed by atoms with van der Waals surface area (Å²) in [5.41, 5.74) is 1.69. The van der Waals surface area contributed by atoms with Gasteiger partial charge in [-0.3, -0.25) is 14.5 Å². The predicted molar refractivity (Wildman–Crippen MR) is 107 cm³/mol. The lowest BCUT2D eigenvalue weighted by Crippen LogP contribution is -2.34. The van der Waals surface area contributed by atoms with Gasteiger partial charge in [0.05, 0.1) is 26.3 Å². The van der Waals surface area contributed by atoms with E-state index in [2.05, 4.69) is 15.6 Å². The first-order chi connectivity index (χ1) is 13.9. The van der Waals surface area contributed by atoms with Crippen LogP contribution in [0.5, 0.6) is 11.5 Å². The van der Waals surface area contributed by atoms with Crippen LogP contribution in [0.2, 0.25) is 0 Å². The van der Waals surface area contributed by atoms with Crippen molar-refractivity contribution in [2.45, 2.75) is 25.8 Å². The molecule has 2 heterocycles. The number of carbonyl (C=O) groups is 3. The molecule has 0 unspecified atom stereocenters. The zero-order valence-corrected chi connectivity index (χ0v) is 17.2. The average molecular weight is 418 g/mol. The Bertz CT molecular complexity index is 929. The number of anilines is 1. The highest BCUT2D eigenvalue weighted by atomic mass is 32.1. The number of carbonyl (C=O) groups excluding carboxylic acids is 3. The van der Waals surface area contributed by atoms with Crippen LogP contribution in [0.25, 0.3) is 0 Å². The molecule has 1 aliphatic rings. The fraction of sp³-hybridized carbons (Fsp3) is 0.368. The molecule has 29 heavy (non-hydrogen) atoms.